The number of nitrogens with two attached hydrogens (primary N) is 1. The summed E-state index contributed by atoms with van der Waals surface area (Å²) in [5.41, 5.74) is 10.9. The number of carbonyl (C=O) groups excluding carboxylic acids is 3. The molecule has 0 radical (unpaired) electrons. The summed E-state index contributed by atoms with van der Waals surface area (Å²) in [6.45, 7) is 13.0. The van der Waals surface area contributed by atoms with Crippen molar-refractivity contribution in [3.63, 3.8) is 0 Å². The molecule has 3 aromatic carbocycles. The number of nitrogen functional groups attached to an aromatic ring is 1. The third kappa shape index (κ3) is 11.8. The summed E-state index contributed by atoms with van der Waals surface area (Å²) in [5.74, 6) is 0.0595. The topological polar surface area (TPSA) is 116 Å². The molecule has 54 heavy (non-hydrogen) atoms. The Morgan fingerprint density at radius 1 is 0.944 bits per heavy atom. The molecule has 0 atom stereocenters. The molecule has 1 fully saturated rings. The normalized spacial score (nSPS) is 13.2. The maximum absolute atomic E-state index is 12.8. The molecule has 0 spiro atoms. The van der Waals surface area contributed by atoms with Crippen molar-refractivity contribution in [2.24, 2.45) is 0 Å². The SMILES string of the molecule is CCN(Cc1cc(C(=O)OCCN(CCOC(C)=O)C(C)C)cc(Br)c1N)C1CCCCC1.COc1ccc2c(c1)cc(C)n2C(=O)c1ccc(Cl)cc1. The molecule has 0 saturated heterocycles. The van der Waals surface area contributed by atoms with Crippen LogP contribution in [-0.2, 0) is 20.8 Å². The number of hydrogen-bond acceptors (Lipinski definition) is 9. The average Bonchev–Trinajstić information content (AvgIpc) is 3.49. The second-order valence-electron chi connectivity index (χ2n) is 13.8. The lowest BCUT2D eigenvalue weighted by molar-refractivity contribution is -0.141. The number of nitrogens with zero attached hydrogens (tertiary/aromatic N) is 3. The van der Waals surface area contributed by atoms with E-state index in [1.807, 2.05) is 37.3 Å². The van der Waals surface area contributed by atoms with Gasteiger partial charge in [0, 0.05) is 64.8 Å². The van der Waals surface area contributed by atoms with Gasteiger partial charge in [0.05, 0.1) is 23.9 Å². The first-order chi connectivity index (χ1) is 25.8. The van der Waals surface area contributed by atoms with Crippen molar-refractivity contribution in [3.05, 3.63) is 92.5 Å². The highest BCUT2D eigenvalue weighted by Crippen LogP contribution is 2.30. The quantitative estimate of drug-likeness (QED) is 0.0983. The predicted molar refractivity (Wildman–Crippen MR) is 220 cm³/mol. The zero-order valence-corrected chi connectivity index (χ0v) is 34.7. The van der Waals surface area contributed by atoms with Gasteiger partial charge in [0.1, 0.15) is 19.0 Å². The van der Waals surface area contributed by atoms with E-state index in [1.165, 1.54) is 39.0 Å². The van der Waals surface area contributed by atoms with E-state index in [0.29, 0.717) is 47.6 Å². The predicted octanol–water partition coefficient (Wildman–Crippen LogP) is 8.92. The number of halogens is 2. The first-order valence-corrected chi connectivity index (χ1v) is 19.8. The van der Waals surface area contributed by atoms with Gasteiger partial charge in [-0.15, -0.1) is 0 Å². The fourth-order valence-corrected chi connectivity index (χ4v) is 7.44. The zero-order chi connectivity index (χ0) is 39.4. The van der Waals surface area contributed by atoms with E-state index in [1.54, 1.807) is 42.0 Å². The van der Waals surface area contributed by atoms with Gasteiger partial charge >= 0.3 is 11.9 Å². The van der Waals surface area contributed by atoms with Crippen LogP contribution < -0.4 is 10.5 Å². The second-order valence-corrected chi connectivity index (χ2v) is 15.1. The number of aryl methyl sites for hydroxylation is 1. The van der Waals surface area contributed by atoms with Crippen LogP contribution in [0.2, 0.25) is 5.02 Å². The van der Waals surface area contributed by atoms with Gasteiger partial charge in [-0.25, -0.2) is 4.79 Å². The number of aromatic nitrogens is 1. The largest absolute Gasteiger partial charge is 0.497 e. The van der Waals surface area contributed by atoms with Crippen LogP contribution in [0.15, 0.2) is 65.1 Å². The van der Waals surface area contributed by atoms with Crippen LogP contribution in [0.25, 0.3) is 10.9 Å². The second kappa shape index (κ2) is 20.7. The average molecular weight is 826 g/mol. The zero-order valence-electron chi connectivity index (χ0n) is 32.3. The minimum absolute atomic E-state index is 0.0654. The minimum Gasteiger partial charge on any atom is -0.497 e. The third-order valence-corrected chi connectivity index (χ3v) is 10.7. The van der Waals surface area contributed by atoms with E-state index >= 15 is 0 Å². The molecule has 0 aliphatic heterocycles. The van der Waals surface area contributed by atoms with Gasteiger partial charge in [0.15, 0.2) is 0 Å². The van der Waals surface area contributed by atoms with E-state index in [9.17, 15) is 14.4 Å². The monoisotopic (exact) mass is 824 g/mol. The maximum Gasteiger partial charge on any atom is 0.338 e. The fourth-order valence-electron chi connectivity index (χ4n) is 6.81. The summed E-state index contributed by atoms with van der Waals surface area (Å²) in [6.07, 6.45) is 6.32. The standard InChI is InChI=1S/C25H40BrN3O4.C17H14ClNO2/c1-5-28(22-9-7-6-8-10-22)17-21-15-20(16-23(26)24(21)27)25(31)33-14-12-29(18(2)3)11-13-32-19(4)30;1-11-9-13-10-15(21-2)7-8-16(13)19(11)17(20)12-3-5-14(18)6-4-12/h15-16,18,22H,5-14,17,27H2,1-4H3;3-10H,1-2H3. The molecule has 10 nitrogen and oxygen atoms in total. The molecule has 4 aromatic rings. The Bertz CT molecular complexity index is 1870. The summed E-state index contributed by atoms with van der Waals surface area (Å²) in [4.78, 5) is 41.1. The van der Waals surface area contributed by atoms with E-state index in [2.05, 4.69) is 46.5 Å². The summed E-state index contributed by atoms with van der Waals surface area (Å²) in [7, 11) is 1.63. The minimum atomic E-state index is -0.360. The molecular weight excluding hydrogens is 772 g/mol. The lowest BCUT2D eigenvalue weighted by Gasteiger charge is -2.34. The van der Waals surface area contributed by atoms with Gasteiger partial charge in [0.25, 0.3) is 5.91 Å². The summed E-state index contributed by atoms with van der Waals surface area (Å²) in [5, 5.41) is 1.60. The number of ether oxygens (including phenoxy) is 3. The fraction of sp³-hybridized carbons (Fsp3) is 0.452. The molecule has 5 rings (SSSR count). The Balaban J connectivity index is 0.000000264. The highest BCUT2D eigenvalue weighted by molar-refractivity contribution is 9.10. The lowest BCUT2D eigenvalue weighted by atomic mass is 9.93. The van der Waals surface area contributed by atoms with E-state index in [4.69, 9.17) is 31.5 Å². The molecule has 1 aliphatic rings. The number of anilines is 1. The highest BCUT2D eigenvalue weighted by Gasteiger charge is 2.22. The maximum atomic E-state index is 12.8. The van der Waals surface area contributed by atoms with Crippen LogP contribution in [0.4, 0.5) is 5.69 Å². The molecule has 0 bridgehead atoms. The molecule has 12 heteroatoms. The Labute approximate surface area is 333 Å². The Morgan fingerprint density at radius 2 is 1.61 bits per heavy atom. The molecule has 2 N–H and O–H groups in total. The van der Waals surface area contributed by atoms with Crippen molar-refractivity contribution >= 4 is 62.0 Å². The van der Waals surface area contributed by atoms with Crippen molar-refractivity contribution in [1.82, 2.24) is 14.4 Å². The number of fused-ring (bicyclic) bond motifs is 1. The molecule has 1 heterocycles. The van der Waals surface area contributed by atoms with Crippen LogP contribution in [0, 0.1) is 6.92 Å². The van der Waals surface area contributed by atoms with Crippen LogP contribution in [0.3, 0.4) is 0 Å². The molecule has 292 valence electrons. The summed E-state index contributed by atoms with van der Waals surface area (Å²) in [6, 6.07) is 19.0. The Morgan fingerprint density at radius 3 is 2.22 bits per heavy atom. The van der Waals surface area contributed by atoms with Crippen LogP contribution in [-0.4, -0.2) is 84.3 Å². The number of hydrogen-bond donors (Lipinski definition) is 1. The van der Waals surface area contributed by atoms with Crippen molar-refractivity contribution in [1.29, 1.82) is 0 Å². The van der Waals surface area contributed by atoms with Crippen molar-refractivity contribution in [2.75, 3.05) is 45.7 Å². The van der Waals surface area contributed by atoms with E-state index in [0.717, 1.165) is 45.5 Å². The lowest BCUT2D eigenvalue weighted by Crippen LogP contribution is -2.37. The van der Waals surface area contributed by atoms with Gasteiger partial charge in [-0.1, -0.05) is 37.8 Å². The van der Waals surface area contributed by atoms with E-state index in [-0.39, 0.29) is 30.5 Å². The van der Waals surface area contributed by atoms with Gasteiger partial charge in [-0.2, -0.15) is 0 Å². The van der Waals surface area contributed by atoms with Crippen molar-refractivity contribution < 1.29 is 28.6 Å². The number of carbonyl (C=O) groups is 3. The molecule has 1 saturated carbocycles. The smallest absolute Gasteiger partial charge is 0.338 e. The highest BCUT2D eigenvalue weighted by atomic mass is 79.9. The van der Waals surface area contributed by atoms with Crippen LogP contribution in [0.5, 0.6) is 5.75 Å². The van der Waals surface area contributed by atoms with Crippen LogP contribution in [0.1, 0.15) is 91.8 Å². The van der Waals surface area contributed by atoms with Crippen LogP contribution >= 0.6 is 27.5 Å². The summed E-state index contributed by atoms with van der Waals surface area (Å²) < 4.78 is 18.2. The third-order valence-electron chi connectivity index (χ3n) is 9.83. The van der Waals surface area contributed by atoms with Gasteiger partial charge in [-0.05, 0) is 122 Å². The molecule has 0 unspecified atom stereocenters. The number of methoxy groups -OCH3 is 1. The summed E-state index contributed by atoms with van der Waals surface area (Å²) >= 11 is 9.39. The number of rotatable bonds is 14. The molecular formula is C42H54BrClN4O6. The molecule has 1 aliphatic carbocycles. The molecule has 1 aromatic heterocycles. The van der Waals surface area contributed by atoms with Crippen molar-refractivity contribution in [2.45, 2.75) is 85.4 Å². The number of esters is 2. The Hall–Kier alpha value is -3.90. The molecule has 0 amide bonds. The van der Waals surface area contributed by atoms with Gasteiger partial charge < -0.3 is 19.9 Å². The van der Waals surface area contributed by atoms with Gasteiger partial charge in [-0.3, -0.25) is 24.0 Å². The first-order valence-electron chi connectivity index (χ1n) is 18.7. The number of benzene rings is 3. The van der Waals surface area contributed by atoms with E-state index < -0.39 is 0 Å². The van der Waals surface area contributed by atoms with Gasteiger partial charge in [0.2, 0.25) is 0 Å². The Kier molecular flexibility index (Phi) is 16.4. The van der Waals surface area contributed by atoms with Crippen molar-refractivity contribution in [3.8, 4) is 5.75 Å². The first kappa shape index (κ1) is 42.8.